The molecule has 26 heavy (non-hydrogen) atoms. The molecule has 0 radical (unpaired) electrons. The summed E-state index contributed by atoms with van der Waals surface area (Å²) in [5.74, 6) is 0.791. The highest BCUT2D eigenvalue weighted by Crippen LogP contribution is 2.36. The van der Waals surface area contributed by atoms with Crippen LogP contribution in [0.5, 0.6) is 0 Å². The third-order valence-electron chi connectivity index (χ3n) is 6.10. The van der Waals surface area contributed by atoms with E-state index in [-0.39, 0.29) is 29.6 Å². The number of nitrogens with zero attached hydrogens (tertiary/aromatic N) is 4. The van der Waals surface area contributed by atoms with Gasteiger partial charge in [-0.2, -0.15) is 0 Å². The van der Waals surface area contributed by atoms with Crippen molar-refractivity contribution in [3.05, 3.63) is 18.0 Å². The number of rotatable bonds is 4. The van der Waals surface area contributed by atoms with Crippen LogP contribution in [-0.4, -0.2) is 59.9 Å². The first kappa shape index (κ1) is 17.2. The maximum atomic E-state index is 12.7. The molecule has 2 atom stereocenters. The lowest BCUT2D eigenvalue weighted by atomic mass is 9.84. The summed E-state index contributed by atoms with van der Waals surface area (Å²) in [6.45, 7) is 3.03. The van der Waals surface area contributed by atoms with E-state index in [0.717, 1.165) is 44.0 Å². The molecule has 7 nitrogen and oxygen atoms in total. The molecule has 2 aliphatic heterocycles. The number of amides is 2. The van der Waals surface area contributed by atoms with Crippen molar-refractivity contribution in [1.29, 1.82) is 0 Å². The first-order chi connectivity index (χ1) is 12.7. The van der Waals surface area contributed by atoms with Crippen molar-refractivity contribution in [3.8, 4) is 0 Å². The van der Waals surface area contributed by atoms with E-state index >= 15 is 0 Å². The molecule has 4 rings (SSSR count). The van der Waals surface area contributed by atoms with Crippen LogP contribution in [-0.2, 0) is 9.59 Å². The van der Waals surface area contributed by atoms with E-state index in [4.69, 9.17) is 4.98 Å². The lowest BCUT2D eigenvalue weighted by Gasteiger charge is -2.29. The number of carbonyl (C=O) groups is 2. The van der Waals surface area contributed by atoms with Gasteiger partial charge in [-0.25, -0.2) is 9.97 Å². The predicted molar refractivity (Wildman–Crippen MR) is 97.7 cm³/mol. The average molecular weight is 357 g/mol. The Kier molecular flexibility index (Phi) is 4.78. The molecule has 0 bridgehead atoms. The van der Waals surface area contributed by atoms with Crippen LogP contribution < -0.4 is 10.2 Å². The molecule has 2 saturated heterocycles. The van der Waals surface area contributed by atoms with Gasteiger partial charge in [0.25, 0.3) is 0 Å². The van der Waals surface area contributed by atoms with Gasteiger partial charge in [0.1, 0.15) is 0 Å². The normalized spacial score (nSPS) is 26.0. The minimum absolute atomic E-state index is 0.0137. The molecular formula is C19H27N5O2. The van der Waals surface area contributed by atoms with Gasteiger partial charge < -0.3 is 15.1 Å². The van der Waals surface area contributed by atoms with Crippen LogP contribution in [0, 0.1) is 11.8 Å². The minimum Gasteiger partial charge on any atom is -0.359 e. The first-order valence-corrected chi connectivity index (χ1v) is 9.75. The third kappa shape index (κ3) is 3.15. The molecular weight excluding hydrogens is 330 g/mol. The molecule has 7 heteroatoms. The third-order valence-corrected chi connectivity index (χ3v) is 6.10. The molecule has 1 saturated carbocycles. The number of hydrogen-bond acceptors (Lipinski definition) is 5. The highest BCUT2D eigenvalue weighted by atomic mass is 16.2. The molecule has 3 aliphatic rings. The Morgan fingerprint density at radius 3 is 2.58 bits per heavy atom. The van der Waals surface area contributed by atoms with E-state index in [0.29, 0.717) is 13.1 Å². The Bertz CT molecular complexity index is 684. The van der Waals surface area contributed by atoms with Crippen LogP contribution in [0.4, 0.5) is 5.95 Å². The van der Waals surface area contributed by atoms with Gasteiger partial charge in [-0.1, -0.05) is 6.42 Å². The Labute approximate surface area is 154 Å². The number of carbonyl (C=O) groups excluding carboxylic acids is 2. The van der Waals surface area contributed by atoms with E-state index in [1.807, 2.05) is 11.0 Å². The van der Waals surface area contributed by atoms with Crippen molar-refractivity contribution in [2.75, 3.05) is 38.1 Å². The SMILES string of the molecule is CNC(=O)[C@@H]1CN(C(=O)C2CCC2)C[C@H]1c1ccnc(N2CCCC2)n1. The number of aromatic nitrogens is 2. The molecule has 140 valence electrons. The smallest absolute Gasteiger partial charge is 0.225 e. The second-order valence-corrected chi connectivity index (χ2v) is 7.67. The van der Waals surface area contributed by atoms with Crippen LogP contribution in [0.15, 0.2) is 12.3 Å². The number of hydrogen-bond donors (Lipinski definition) is 1. The summed E-state index contributed by atoms with van der Waals surface area (Å²) in [6, 6.07) is 1.90. The van der Waals surface area contributed by atoms with Crippen molar-refractivity contribution >= 4 is 17.8 Å². The highest BCUT2D eigenvalue weighted by molar-refractivity contribution is 5.84. The maximum Gasteiger partial charge on any atom is 0.225 e. The van der Waals surface area contributed by atoms with Crippen molar-refractivity contribution in [2.45, 2.75) is 38.0 Å². The van der Waals surface area contributed by atoms with E-state index in [9.17, 15) is 9.59 Å². The van der Waals surface area contributed by atoms with E-state index in [2.05, 4.69) is 15.2 Å². The predicted octanol–water partition coefficient (Wildman–Crippen LogP) is 1.16. The van der Waals surface area contributed by atoms with Gasteiger partial charge in [-0.3, -0.25) is 9.59 Å². The summed E-state index contributed by atoms with van der Waals surface area (Å²) in [4.78, 5) is 38.4. The molecule has 3 heterocycles. The fourth-order valence-electron chi connectivity index (χ4n) is 4.29. The fourth-order valence-corrected chi connectivity index (χ4v) is 4.29. The van der Waals surface area contributed by atoms with Crippen molar-refractivity contribution < 1.29 is 9.59 Å². The van der Waals surface area contributed by atoms with Crippen molar-refractivity contribution in [2.24, 2.45) is 11.8 Å². The Hall–Kier alpha value is -2.18. The van der Waals surface area contributed by atoms with Gasteiger partial charge in [0.2, 0.25) is 17.8 Å². The van der Waals surface area contributed by atoms with E-state index in [1.165, 1.54) is 12.8 Å². The van der Waals surface area contributed by atoms with Crippen LogP contribution in [0.1, 0.15) is 43.7 Å². The van der Waals surface area contributed by atoms with Crippen LogP contribution >= 0.6 is 0 Å². The Morgan fingerprint density at radius 2 is 1.92 bits per heavy atom. The fraction of sp³-hybridized carbons (Fsp3) is 0.684. The Morgan fingerprint density at radius 1 is 1.15 bits per heavy atom. The van der Waals surface area contributed by atoms with E-state index in [1.54, 1.807) is 13.2 Å². The molecule has 1 aromatic rings. The van der Waals surface area contributed by atoms with Crippen LogP contribution in [0.25, 0.3) is 0 Å². The average Bonchev–Trinajstić information content (AvgIpc) is 3.29. The number of likely N-dealkylation sites (tertiary alicyclic amines) is 1. The molecule has 1 N–H and O–H groups in total. The summed E-state index contributed by atoms with van der Waals surface area (Å²) in [5.41, 5.74) is 0.874. The summed E-state index contributed by atoms with van der Waals surface area (Å²) in [5, 5.41) is 2.76. The van der Waals surface area contributed by atoms with Gasteiger partial charge in [0.15, 0.2) is 0 Å². The molecule has 2 amide bonds. The molecule has 0 spiro atoms. The van der Waals surface area contributed by atoms with E-state index < -0.39 is 0 Å². The standard InChI is InChI=1S/C19H27N5O2/c1-20-17(25)15-12-24(18(26)13-5-4-6-13)11-14(15)16-7-8-21-19(22-16)23-9-2-3-10-23/h7-8,13-15H,2-6,9-12H2,1H3,(H,20,25)/t14-,15-/m1/s1. The monoisotopic (exact) mass is 357 g/mol. The van der Waals surface area contributed by atoms with Gasteiger partial charge >= 0.3 is 0 Å². The van der Waals surface area contributed by atoms with Crippen molar-refractivity contribution in [1.82, 2.24) is 20.2 Å². The highest BCUT2D eigenvalue weighted by Gasteiger charge is 2.43. The second kappa shape index (κ2) is 7.21. The van der Waals surface area contributed by atoms with Gasteiger partial charge in [-0.15, -0.1) is 0 Å². The summed E-state index contributed by atoms with van der Waals surface area (Å²) in [7, 11) is 1.66. The number of nitrogens with one attached hydrogen (secondary N) is 1. The summed E-state index contributed by atoms with van der Waals surface area (Å²) < 4.78 is 0. The minimum atomic E-state index is -0.245. The number of anilines is 1. The second-order valence-electron chi connectivity index (χ2n) is 7.67. The van der Waals surface area contributed by atoms with Crippen molar-refractivity contribution in [3.63, 3.8) is 0 Å². The summed E-state index contributed by atoms with van der Waals surface area (Å²) in [6.07, 6.45) is 7.22. The van der Waals surface area contributed by atoms with Gasteiger partial charge in [0.05, 0.1) is 11.6 Å². The first-order valence-electron chi connectivity index (χ1n) is 9.75. The summed E-state index contributed by atoms with van der Waals surface area (Å²) >= 11 is 0. The lowest BCUT2D eigenvalue weighted by Crippen LogP contribution is -2.38. The molecule has 1 aliphatic carbocycles. The van der Waals surface area contributed by atoms with Gasteiger partial charge in [-0.05, 0) is 31.7 Å². The van der Waals surface area contributed by atoms with Crippen LogP contribution in [0.3, 0.4) is 0 Å². The van der Waals surface area contributed by atoms with Gasteiger partial charge in [0, 0.05) is 51.3 Å². The van der Waals surface area contributed by atoms with Crippen LogP contribution in [0.2, 0.25) is 0 Å². The quantitative estimate of drug-likeness (QED) is 0.875. The Balaban J connectivity index is 1.57. The molecule has 0 unspecified atom stereocenters. The lowest BCUT2D eigenvalue weighted by molar-refractivity contribution is -0.137. The zero-order chi connectivity index (χ0) is 18.1. The zero-order valence-electron chi connectivity index (χ0n) is 15.4. The molecule has 3 fully saturated rings. The topological polar surface area (TPSA) is 78.4 Å². The maximum absolute atomic E-state index is 12.7. The zero-order valence-corrected chi connectivity index (χ0v) is 15.4. The molecule has 0 aromatic carbocycles. The largest absolute Gasteiger partial charge is 0.359 e. The molecule has 1 aromatic heterocycles.